The average Bonchev–Trinajstić information content (AvgIpc) is 2.72. The summed E-state index contributed by atoms with van der Waals surface area (Å²) in [5, 5.41) is 4.03. The van der Waals surface area contributed by atoms with E-state index in [0.29, 0.717) is 19.8 Å². The van der Waals surface area contributed by atoms with E-state index in [0.717, 1.165) is 57.2 Å². The molecule has 5 nitrogen and oxygen atoms in total. The molecule has 0 fully saturated rings. The van der Waals surface area contributed by atoms with Gasteiger partial charge in [-0.1, -0.05) is 17.3 Å². The van der Waals surface area contributed by atoms with Gasteiger partial charge in [0.25, 0.3) is 0 Å². The second kappa shape index (κ2) is 12.0. The van der Waals surface area contributed by atoms with Gasteiger partial charge in [-0.15, -0.1) is 0 Å². The topological polar surface area (TPSA) is 49.3 Å². The lowest BCUT2D eigenvalue weighted by Gasteiger charge is -2.16. The molecule has 0 spiro atoms. The minimum absolute atomic E-state index is 0.575. The van der Waals surface area contributed by atoms with Crippen LogP contribution in [0.2, 0.25) is 0 Å². The number of allylic oxidation sites excluding steroid dienone is 1. The van der Waals surface area contributed by atoms with Gasteiger partial charge in [-0.3, -0.25) is 0 Å². The molecule has 0 aliphatic rings. The Hall–Kier alpha value is -2.95. The maximum absolute atomic E-state index is 6.04. The Morgan fingerprint density at radius 1 is 0.935 bits per heavy atom. The third-order valence-corrected chi connectivity index (χ3v) is 5.16. The minimum atomic E-state index is 0.575. The van der Waals surface area contributed by atoms with Gasteiger partial charge in [0, 0.05) is 12.0 Å². The molecule has 0 saturated carbocycles. The third-order valence-electron chi connectivity index (χ3n) is 5.16. The van der Waals surface area contributed by atoms with Crippen molar-refractivity contribution in [3.8, 4) is 17.2 Å². The predicted octanol–water partition coefficient (Wildman–Crippen LogP) is 6.09. The number of nitrogens with zero attached hydrogens (tertiary/aromatic N) is 1. The Labute approximate surface area is 186 Å². The van der Waals surface area contributed by atoms with Crippen molar-refractivity contribution in [2.75, 3.05) is 26.9 Å². The lowest BCUT2D eigenvalue weighted by Crippen LogP contribution is -2.08. The van der Waals surface area contributed by atoms with Crippen LogP contribution in [0.3, 0.4) is 0 Å². The summed E-state index contributed by atoms with van der Waals surface area (Å²) >= 11 is 0. The fraction of sp³-hybridized carbons (Fsp3) is 0.423. The van der Waals surface area contributed by atoms with Crippen molar-refractivity contribution in [1.82, 2.24) is 0 Å². The number of ether oxygens (including phenoxy) is 3. The molecular weight excluding hydrogens is 390 g/mol. The van der Waals surface area contributed by atoms with Crippen LogP contribution >= 0.6 is 0 Å². The van der Waals surface area contributed by atoms with Crippen LogP contribution in [0.1, 0.15) is 48.1 Å². The van der Waals surface area contributed by atoms with Crippen molar-refractivity contribution in [1.29, 1.82) is 0 Å². The summed E-state index contributed by atoms with van der Waals surface area (Å²) in [4.78, 5) is 4.89. The van der Waals surface area contributed by atoms with E-state index in [9.17, 15) is 0 Å². The molecule has 2 rings (SSSR count). The zero-order valence-corrected chi connectivity index (χ0v) is 19.9. The lowest BCUT2D eigenvalue weighted by atomic mass is 9.99. The number of oxime groups is 1. The van der Waals surface area contributed by atoms with Gasteiger partial charge in [0.05, 0.1) is 18.9 Å². The molecule has 2 aromatic rings. The van der Waals surface area contributed by atoms with Crippen LogP contribution in [0.5, 0.6) is 17.2 Å². The maximum atomic E-state index is 6.04. The highest BCUT2D eigenvalue weighted by Crippen LogP contribution is 2.29. The molecule has 0 bridgehead atoms. The number of hydrogen-bond acceptors (Lipinski definition) is 5. The first-order chi connectivity index (χ1) is 14.9. The Balaban J connectivity index is 1.88. The van der Waals surface area contributed by atoms with Crippen LogP contribution in [0.4, 0.5) is 0 Å². The zero-order chi connectivity index (χ0) is 22.8. The minimum Gasteiger partial charge on any atom is -0.493 e. The molecule has 0 aromatic heterocycles. The van der Waals surface area contributed by atoms with Crippen molar-refractivity contribution in [2.45, 2.75) is 48.0 Å². The lowest BCUT2D eigenvalue weighted by molar-refractivity contribution is 0.213. The summed E-state index contributed by atoms with van der Waals surface area (Å²) in [7, 11) is 1.56. The van der Waals surface area contributed by atoms with Gasteiger partial charge in [0.1, 0.15) is 31.0 Å². The van der Waals surface area contributed by atoms with E-state index in [-0.39, 0.29) is 0 Å². The molecule has 168 valence electrons. The van der Waals surface area contributed by atoms with Gasteiger partial charge < -0.3 is 19.0 Å². The van der Waals surface area contributed by atoms with Crippen LogP contribution in [-0.2, 0) is 4.84 Å². The fourth-order valence-electron chi connectivity index (χ4n) is 3.41. The van der Waals surface area contributed by atoms with E-state index in [1.165, 1.54) is 0 Å². The summed E-state index contributed by atoms with van der Waals surface area (Å²) in [5.74, 6) is 2.67. The first-order valence-electron chi connectivity index (χ1n) is 10.7. The van der Waals surface area contributed by atoms with Crippen molar-refractivity contribution < 1.29 is 19.0 Å². The normalized spacial score (nSPS) is 11.6. The van der Waals surface area contributed by atoms with Gasteiger partial charge >= 0.3 is 0 Å². The van der Waals surface area contributed by atoms with Crippen LogP contribution in [0.25, 0.3) is 0 Å². The van der Waals surface area contributed by atoms with Crippen LogP contribution in [-0.4, -0.2) is 32.6 Å². The van der Waals surface area contributed by atoms with Gasteiger partial charge in [0.2, 0.25) is 0 Å². The smallest absolute Gasteiger partial charge is 0.125 e. The molecule has 5 heteroatoms. The number of benzene rings is 2. The first-order valence-corrected chi connectivity index (χ1v) is 10.7. The monoisotopic (exact) mass is 425 g/mol. The summed E-state index contributed by atoms with van der Waals surface area (Å²) in [6, 6.07) is 8.06. The van der Waals surface area contributed by atoms with Gasteiger partial charge in [-0.25, -0.2) is 0 Å². The molecule has 2 aromatic carbocycles. The summed E-state index contributed by atoms with van der Waals surface area (Å²) in [6.45, 7) is 13.9. The maximum Gasteiger partial charge on any atom is 0.125 e. The summed E-state index contributed by atoms with van der Waals surface area (Å²) in [6.07, 6.45) is 4.76. The quantitative estimate of drug-likeness (QED) is 0.189. The molecule has 0 aliphatic carbocycles. The second-order valence-electron chi connectivity index (χ2n) is 7.54. The van der Waals surface area contributed by atoms with E-state index >= 15 is 0 Å². The van der Waals surface area contributed by atoms with Crippen LogP contribution in [0.15, 0.2) is 41.6 Å². The number of rotatable bonds is 11. The summed E-state index contributed by atoms with van der Waals surface area (Å²) in [5.41, 5.74) is 6.34. The van der Waals surface area contributed by atoms with Crippen LogP contribution in [0, 0.1) is 27.7 Å². The Bertz CT molecular complexity index is 908. The molecule has 0 saturated heterocycles. The molecule has 0 unspecified atom stereocenters. The highest BCUT2D eigenvalue weighted by molar-refractivity contribution is 6.00. The highest BCUT2D eigenvalue weighted by Gasteiger charge is 2.11. The van der Waals surface area contributed by atoms with E-state index in [1.807, 2.05) is 64.1 Å². The van der Waals surface area contributed by atoms with E-state index < -0.39 is 0 Å². The molecule has 0 atom stereocenters. The van der Waals surface area contributed by atoms with Crippen molar-refractivity contribution >= 4 is 5.71 Å². The fourth-order valence-corrected chi connectivity index (χ4v) is 3.41. The largest absolute Gasteiger partial charge is 0.493 e. The average molecular weight is 426 g/mol. The predicted molar refractivity (Wildman–Crippen MR) is 127 cm³/mol. The summed E-state index contributed by atoms with van der Waals surface area (Å²) < 4.78 is 17.8. The Kier molecular flexibility index (Phi) is 9.44. The Morgan fingerprint density at radius 2 is 1.61 bits per heavy atom. The number of hydrogen-bond donors (Lipinski definition) is 0. The zero-order valence-electron chi connectivity index (χ0n) is 19.9. The third kappa shape index (κ3) is 6.78. The molecule has 0 aliphatic heterocycles. The Morgan fingerprint density at radius 3 is 2.26 bits per heavy atom. The second-order valence-corrected chi connectivity index (χ2v) is 7.54. The van der Waals surface area contributed by atoms with Crippen molar-refractivity contribution in [2.24, 2.45) is 5.16 Å². The number of aryl methyl sites for hydroxylation is 2. The SMILES string of the molecule is C/C=C/COc1cc(C)c(OCCCOc2ccc(C(C)=NOC)c(C)c2C)c(C)c1. The standard InChI is InChI=1S/C26H35NO4/c1-8-9-13-29-23-16-18(2)26(19(3)17-23)31-15-10-14-30-25-12-11-24(20(4)21(25)5)22(6)27-28-7/h8-9,11-12,16-17H,10,13-15H2,1-7H3/b9-8+,27-22?. The van der Waals surface area contributed by atoms with Gasteiger partial charge in [-0.05, 0) is 88.1 Å². The molecular formula is C26H35NO4. The van der Waals surface area contributed by atoms with E-state index in [2.05, 4.69) is 19.0 Å². The van der Waals surface area contributed by atoms with E-state index in [1.54, 1.807) is 7.11 Å². The molecule has 31 heavy (non-hydrogen) atoms. The molecule has 0 heterocycles. The van der Waals surface area contributed by atoms with Crippen LogP contribution < -0.4 is 14.2 Å². The van der Waals surface area contributed by atoms with Crippen molar-refractivity contribution in [3.63, 3.8) is 0 Å². The highest BCUT2D eigenvalue weighted by atomic mass is 16.6. The van der Waals surface area contributed by atoms with Crippen molar-refractivity contribution in [3.05, 3.63) is 64.2 Å². The van der Waals surface area contributed by atoms with Gasteiger partial charge in [0.15, 0.2) is 0 Å². The molecule has 0 radical (unpaired) electrons. The van der Waals surface area contributed by atoms with Gasteiger partial charge in [-0.2, -0.15) is 0 Å². The molecule has 0 amide bonds. The first kappa shape index (κ1) is 24.3. The van der Waals surface area contributed by atoms with E-state index in [4.69, 9.17) is 19.0 Å². The molecule has 0 N–H and O–H groups in total.